The summed E-state index contributed by atoms with van der Waals surface area (Å²) in [6, 6.07) is 3.32. The maximum atomic E-state index is 12.0. The zero-order valence-corrected chi connectivity index (χ0v) is 14.5. The molecule has 22 heavy (non-hydrogen) atoms. The van der Waals surface area contributed by atoms with E-state index in [1.165, 1.54) is 7.11 Å². The summed E-state index contributed by atoms with van der Waals surface area (Å²) in [6.07, 6.45) is 0.485. The number of anilines is 1. The highest BCUT2D eigenvalue weighted by Crippen LogP contribution is 2.35. The number of nitrogens with two attached hydrogens (primary N) is 1. The molecule has 0 atom stereocenters. The second-order valence-corrected chi connectivity index (χ2v) is 7.98. The third-order valence-electron chi connectivity index (χ3n) is 3.16. The average Bonchev–Trinajstić information content (AvgIpc) is 2.35. The number of rotatable bonds is 6. The molecule has 1 amide bonds. The molecule has 0 fully saturated rings. The van der Waals surface area contributed by atoms with Gasteiger partial charge in [-0.25, -0.2) is 8.42 Å². The minimum Gasteiger partial charge on any atom is -0.494 e. The van der Waals surface area contributed by atoms with Gasteiger partial charge in [-0.1, -0.05) is 27.7 Å². The highest BCUT2D eigenvalue weighted by molar-refractivity contribution is 7.92. The van der Waals surface area contributed by atoms with Crippen LogP contribution in [0.4, 0.5) is 5.69 Å². The largest absolute Gasteiger partial charge is 0.494 e. The predicted molar refractivity (Wildman–Crippen MR) is 87.9 cm³/mol. The van der Waals surface area contributed by atoms with Crippen molar-refractivity contribution in [2.24, 2.45) is 5.73 Å². The molecule has 0 aliphatic rings. The molecule has 0 saturated carbocycles. The van der Waals surface area contributed by atoms with Crippen molar-refractivity contribution < 1.29 is 17.9 Å². The maximum absolute atomic E-state index is 12.0. The van der Waals surface area contributed by atoms with Crippen LogP contribution in [0.2, 0.25) is 0 Å². The normalized spacial score (nSPS) is 12.0. The molecule has 0 aromatic heterocycles. The number of carbonyl (C=O) groups excluding carboxylic acids is 1. The summed E-state index contributed by atoms with van der Waals surface area (Å²) in [5, 5.41) is 0. The molecular weight excluding hydrogens is 304 g/mol. The number of carbonyl (C=O) groups is 1. The van der Waals surface area contributed by atoms with Gasteiger partial charge < -0.3 is 10.5 Å². The Morgan fingerprint density at radius 2 is 1.91 bits per heavy atom. The van der Waals surface area contributed by atoms with Crippen LogP contribution >= 0.6 is 0 Å². The van der Waals surface area contributed by atoms with Gasteiger partial charge in [-0.15, -0.1) is 0 Å². The Morgan fingerprint density at radius 1 is 1.32 bits per heavy atom. The zero-order valence-electron chi connectivity index (χ0n) is 13.7. The van der Waals surface area contributed by atoms with E-state index in [1.54, 1.807) is 19.1 Å². The lowest BCUT2D eigenvalue weighted by Crippen LogP contribution is -2.21. The predicted octanol–water partition coefficient (Wildman–Crippen LogP) is 2.24. The monoisotopic (exact) mass is 328 g/mol. The Bertz CT molecular complexity index is 661. The van der Waals surface area contributed by atoms with Gasteiger partial charge in [0.2, 0.25) is 10.0 Å². The van der Waals surface area contributed by atoms with Crippen molar-refractivity contribution in [2.45, 2.75) is 39.5 Å². The molecule has 1 rings (SSSR count). The standard InChI is InChI=1S/C15H24N2O4S/c1-6-7-22(19,20)17-12-9-10(15(2,3)4)8-11(14(16)18)13(12)21-5/h8-9,17H,6-7H2,1-5H3,(H2,16,18). The first kappa shape index (κ1) is 18.3. The molecule has 6 nitrogen and oxygen atoms in total. The molecule has 0 heterocycles. The van der Waals surface area contributed by atoms with Crippen molar-refractivity contribution in [3.05, 3.63) is 23.3 Å². The number of sulfonamides is 1. The molecule has 1 aromatic carbocycles. The Hall–Kier alpha value is -1.76. The number of primary amides is 1. The topological polar surface area (TPSA) is 98.5 Å². The molecule has 7 heteroatoms. The van der Waals surface area contributed by atoms with Crippen molar-refractivity contribution >= 4 is 21.6 Å². The van der Waals surface area contributed by atoms with Crippen LogP contribution in [0.15, 0.2) is 12.1 Å². The van der Waals surface area contributed by atoms with E-state index in [2.05, 4.69) is 4.72 Å². The second kappa shape index (κ2) is 6.56. The molecule has 0 unspecified atom stereocenters. The molecular formula is C15H24N2O4S. The van der Waals surface area contributed by atoms with E-state index in [1.807, 2.05) is 20.8 Å². The number of methoxy groups -OCH3 is 1. The van der Waals surface area contributed by atoms with Gasteiger partial charge in [-0.05, 0) is 29.5 Å². The van der Waals surface area contributed by atoms with Crippen LogP contribution in [0.25, 0.3) is 0 Å². The van der Waals surface area contributed by atoms with Crippen LogP contribution in [0.5, 0.6) is 5.75 Å². The fourth-order valence-corrected chi connectivity index (χ4v) is 3.15. The smallest absolute Gasteiger partial charge is 0.252 e. The molecule has 1 aromatic rings. The summed E-state index contributed by atoms with van der Waals surface area (Å²) >= 11 is 0. The van der Waals surface area contributed by atoms with E-state index in [-0.39, 0.29) is 28.2 Å². The molecule has 0 saturated heterocycles. The van der Waals surface area contributed by atoms with Gasteiger partial charge in [0.15, 0.2) is 5.75 Å². The minimum atomic E-state index is -3.50. The molecule has 0 spiro atoms. The van der Waals surface area contributed by atoms with E-state index in [0.29, 0.717) is 6.42 Å². The first-order valence-corrected chi connectivity index (χ1v) is 8.70. The van der Waals surface area contributed by atoms with Crippen LogP contribution in [0.1, 0.15) is 50.0 Å². The SMILES string of the molecule is CCCS(=O)(=O)Nc1cc(C(C)(C)C)cc(C(N)=O)c1OC. The summed E-state index contributed by atoms with van der Waals surface area (Å²) in [6.45, 7) is 7.66. The molecule has 0 bridgehead atoms. The van der Waals surface area contributed by atoms with Gasteiger partial charge in [-0.2, -0.15) is 0 Å². The van der Waals surface area contributed by atoms with Gasteiger partial charge in [0.1, 0.15) is 0 Å². The highest BCUT2D eigenvalue weighted by Gasteiger charge is 2.23. The van der Waals surface area contributed by atoms with Gasteiger partial charge >= 0.3 is 0 Å². The lowest BCUT2D eigenvalue weighted by molar-refractivity contribution is 0.0997. The lowest BCUT2D eigenvalue weighted by Gasteiger charge is -2.23. The number of benzene rings is 1. The molecule has 0 radical (unpaired) electrons. The Kier molecular flexibility index (Phi) is 5.45. The molecule has 3 N–H and O–H groups in total. The number of amides is 1. The lowest BCUT2D eigenvalue weighted by atomic mass is 9.85. The fourth-order valence-electron chi connectivity index (χ4n) is 2.03. The number of hydrogen-bond donors (Lipinski definition) is 2. The third-order valence-corrected chi connectivity index (χ3v) is 4.64. The molecule has 0 aliphatic carbocycles. The molecule has 0 aliphatic heterocycles. The quantitative estimate of drug-likeness (QED) is 0.836. The van der Waals surface area contributed by atoms with Crippen LogP contribution in [0.3, 0.4) is 0 Å². The Morgan fingerprint density at radius 3 is 2.32 bits per heavy atom. The van der Waals surface area contributed by atoms with Crippen molar-refractivity contribution in [2.75, 3.05) is 17.6 Å². The van der Waals surface area contributed by atoms with Crippen LogP contribution in [-0.2, 0) is 15.4 Å². The summed E-state index contributed by atoms with van der Waals surface area (Å²) in [7, 11) is -2.13. The van der Waals surface area contributed by atoms with Gasteiger partial charge in [0.25, 0.3) is 5.91 Å². The summed E-state index contributed by atoms with van der Waals surface area (Å²) in [5.41, 5.74) is 6.30. The zero-order chi connectivity index (χ0) is 17.1. The highest BCUT2D eigenvalue weighted by atomic mass is 32.2. The summed E-state index contributed by atoms with van der Waals surface area (Å²) in [4.78, 5) is 11.7. The van der Waals surface area contributed by atoms with Crippen molar-refractivity contribution in [3.8, 4) is 5.75 Å². The number of ether oxygens (including phenoxy) is 1. The summed E-state index contributed by atoms with van der Waals surface area (Å²) < 4.78 is 31.7. The average molecular weight is 328 g/mol. The first-order chi connectivity index (χ1) is 10.0. The van der Waals surface area contributed by atoms with E-state index in [9.17, 15) is 13.2 Å². The Balaban J connectivity index is 3.53. The van der Waals surface area contributed by atoms with Crippen molar-refractivity contribution in [1.82, 2.24) is 0 Å². The fraction of sp³-hybridized carbons (Fsp3) is 0.533. The van der Waals surface area contributed by atoms with Crippen LogP contribution < -0.4 is 15.2 Å². The van der Waals surface area contributed by atoms with E-state index >= 15 is 0 Å². The number of nitrogens with one attached hydrogen (secondary N) is 1. The molecule has 124 valence electrons. The van der Waals surface area contributed by atoms with Crippen LogP contribution in [0, 0.1) is 0 Å². The second-order valence-electron chi connectivity index (χ2n) is 6.14. The third kappa shape index (κ3) is 4.37. The van der Waals surface area contributed by atoms with E-state index in [4.69, 9.17) is 10.5 Å². The number of hydrogen-bond acceptors (Lipinski definition) is 4. The van der Waals surface area contributed by atoms with Crippen molar-refractivity contribution in [3.63, 3.8) is 0 Å². The van der Waals surface area contributed by atoms with Crippen molar-refractivity contribution in [1.29, 1.82) is 0 Å². The van der Waals surface area contributed by atoms with Crippen LogP contribution in [-0.4, -0.2) is 27.2 Å². The van der Waals surface area contributed by atoms with Gasteiger partial charge in [-0.3, -0.25) is 9.52 Å². The Labute approximate surface area is 132 Å². The van der Waals surface area contributed by atoms with Gasteiger partial charge in [0.05, 0.1) is 24.1 Å². The maximum Gasteiger partial charge on any atom is 0.252 e. The van der Waals surface area contributed by atoms with Gasteiger partial charge in [0, 0.05) is 0 Å². The van der Waals surface area contributed by atoms with E-state index in [0.717, 1.165) is 5.56 Å². The minimum absolute atomic E-state index is 0.0121. The first-order valence-electron chi connectivity index (χ1n) is 7.04. The van der Waals surface area contributed by atoms with E-state index < -0.39 is 15.9 Å². The summed E-state index contributed by atoms with van der Waals surface area (Å²) in [5.74, 6) is -0.541.